The van der Waals surface area contributed by atoms with Crippen molar-refractivity contribution in [2.45, 2.75) is 26.3 Å². The predicted octanol–water partition coefficient (Wildman–Crippen LogP) is 2.43. The van der Waals surface area contributed by atoms with Gasteiger partial charge in [-0.1, -0.05) is 29.3 Å². The van der Waals surface area contributed by atoms with E-state index in [1.54, 1.807) is 4.90 Å². The first-order valence-corrected chi connectivity index (χ1v) is 12.3. The van der Waals surface area contributed by atoms with E-state index in [1.807, 2.05) is 56.3 Å². The lowest BCUT2D eigenvalue weighted by Gasteiger charge is -2.39. The third-order valence-corrected chi connectivity index (χ3v) is 6.86. The largest absolute Gasteiger partial charge is 0.369 e. The normalized spacial score (nSPS) is 18.8. The minimum atomic E-state index is -0.808. The second kappa shape index (κ2) is 11.1. The van der Waals surface area contributed by atoms with Crippen LogP contribution in [-0.4, -0.2) is 79.4 Å². The molecule has 0 unspecified atom stereocenters. The molecule has 0 bridgehead atoms. The van der Waals surface area contributed by atoms with Crippen molar-refractivity contribution in [3.8, 4) is 0 Å². The van der Waals surface area contributed by atoms with Gasteiger partial charge in [-0.15, -0.1) is 0 Å². The fourth-order valence-corrected chi connectivity index (χ4v) is 4.77. The molecule has 186 valence electrons. The Labute approximate surface area is 211 Å². The Bertz CT molecular complexity index is 1080. The zero-order valence-corrected chi connectivity index (χ0v) is 21.0. The van der Waals surface area contributed by atoms with Gasteiger partial charge < -0.3 is 20.4 Å². The van der Waals surface area contributed by atoms with Gasteiger partial charge in [0.05, 0.1) is 13.0 Å². The molecule has 8 nitrogen and oxygen atoms in total. The molecule has 0 spiro atoms. The number of hydrogen-bond donors (Lipinski definition) is 2. The average molecular weight is 498 g/mol. The molecule has 2 N–H and O–H groups in total. The van der Waals surface area contributed by atoms with E-state index in [4.69, 9.17) is 11.6 Å². The minimum absolute atomic E-state index is 0.0742. The lowest BCUT2D eigenvalue weighted by atomic mass is 10.1. The number of nitrogens with zero attached hydrogens (tertiary/aromatic N) is 3. The zero-order valence-electron chi connectivity index (χ0n) is 20.2. The van der Waals surface area contributed by atoms with Crippen molar-refractivity contribution in [3.05, 3.63) is 58.6 Å². The summed E-state index contributed by atoms with van der Waals surface area (Å²) in [6.07, 6.45) is -0.0742. The van der Waals surface area contributed by atoms with Gasteiger partial charge in [0.15, 0.2) is 0 Å². The molecule has 2 fully saturated rings. The molecular weight excluding hydrogens is 466 g/mol. The van der Waals surface area contributed by atoms with Gasteiger partial charge in [-0.3, -0.25) is 19.3 Å². The lowest BCUT2D eigenvalue weighted by Crippen LogP contribution is -2.60. The van der Waals surface area contributed by atoms with Crippen LogP contribution in [0.15, 0.2) is 42.5 Å². The summed E-state index contributed by atoms with van der Waals surface area (Å²) in [5, 5.41) is 6.39. The molecule has 2 aromatic rings. The summed E-state index contributed by atoms with van der Waals surface area (Å²) in [7, 11) is 0. The number of halogens is 1. The topological polar surface area (TPSA) is 85.0 Å². The summed E-state index contributed by atoms with van der Waals surface area (Å²) in [4.78, 5) is 44.5. The van der Waals surface area contributed by atoms with Crippen molar-refractivity contribution >= 4 is 40.7 Å². The zero-order chi connectivity index (χ0) is 24.9. The molecule has 0 aliphatic carbocycles. The Kier molecular flexibility index (Phi) is 7.93. The summed E-state index contributed by atoms with van der Waals surface area (Å²) in [5.41, 5.74) is 3.89. The summed E-state index contributed by atoms with van der Waals surface area (Å²) >= 11 is 5.99. The highest BCUT2D eigenvalue weighted by Gasteiger charge is 2.35. The first kappa shape index (κ1) is 25.0. The standard InChI is InChI=1S/C26H32ClN5O3/c1-18-3-8-22(19(2)15-18)29-24(33)16-23-26(35)28-9-10-32(23)25(34)17-30-11-13-31(14-12-30)21-6-4-20(27)5-7-21/h3-8,15,23H,9-14,16-17H2,1-2H3,(H,28,35)(H,29,33)/t23-/m0/s1. The number of piperazine rings is 2. The summed E-state index contributed by atoms with van der Waals surface area (Å²) in [6.45, 7) is 8.04. The highest BCUT2D eigenvalue weighted by molar-refractivity contribution is 6.30. The van der Waals surface area contributed by atoms with Gasteiger partial charge in [0.1, 0.15) is 6.04 Å². The van der Waals surface area contributed by atoms with Crippen LogP contribution in [0.1, 0.15) is 17.5 Å². The Balaban J connectivity index is 1.33. The van der Waals surface area contributed by atoms with Crippen LogP contribution in [0.3, 0.4) is 0 Å². The number of benzene rings is 2. The van der Waals surface area contributed by atoms with Crippen molar-refractivity contribution in [2.75, 3.05) is 56.0 Å². The number of amides is 3. The molecule has 4 rings (SSSR count). The number of hydrogen-bond acceptors (Lipinski definition) is 5. The molecule has 2 aliphatic heterocycles. The maximum absolute atomic E-state index is 13.2. The van der Waals surface area contributed by atoms with Crippen LogP contribution in [0.25, 0.3) is 0 Å². The third-order valence-electron chi connectivity index (χ3n) is 6.61. The molecule has 0 radical (unpaired) electrons. The highest BCUT2D eigenvalue weighted by atomic mass is 35.5. The number of aryl methyl sites for hydroxylation is 2. The van der Waals surface area contributed by atoms with Crippen LogP contribution in [0, 0.1) is 13.8 Å². The molecule has 1 atom stereocenters. The Morgan fingerprint density at radius 1 is 1.03 bits per heavy atom. The third kappa shape index (κ3) is 6.32. The number of anilines is 2. The summed E-state index contributed by atoms with van der Waals surface area (Å²) < 4.78 is 0. The van der Waals surface area contributed by atoms with E-state index < -0.39 is 6.04 Å². The van der Waals surface area contributed by atoms with Gasteiger partial charge in [0.25, 0.3) is 0 Å². The van der Waals surface area contributed by atoms with Crippen LogP contribution in [0.2, 0.25) is 5.02 Å². The van der Waals surface area contributed by atoms with Crippen LogP contribution in [0.5, 0.6) is 0 Å². The Morgan fingerprint density at radius 3 is 2.43 bits per heavy atom. The van der Waals surface area contributed by atoms with Gasteiger partial charge in [-0.2, -0.15) is 0 Å². The molecule has 0 saturated carbocycles. The molecule has 2 heterocycles. The number of carbonyl (C=O) groups excluding carboxylic acids is 3. The van der Waals surface area contributed by atoms with Crippen molar-refractivity contribution in [3.63, 3.8) is 0 Å². The van der Waals surface area contributed by atoms with Gasteiger partial charge >= 0.3 is 0 Å². The fraction of sp³-hybridized carbons (Fsp3) is 0.423. The van der Waals surface area contributed by atoms with E-state index in [2.05, 4.69) is 20.4 Å². The van der Waals surface area contributed by atoms with E-state index in [-0.39, 0.29) is 30.7 Å². The quantitative estimate of drug-likeness (QED) is 0.640. The second-order valence-corrected chi connectivity index (χ2v) is 9.64. The van der Waals surface area contributed by atoms with Crippen molar-refractivity contribution in [2.24, 2.45) is 0 Å². The van der Waals surface area contributed by atoms with Crippen molar-refractivity contribution < 1.29 is 14.4 Å². The maximum atomic E-state index is 13.2. The SMILES string of the molecule is Cc1ccc(NC(=O)C[C@H]2C(=O)NCCN2C(=O)CN2CCN(c3ccc(Cl)cc3)CC2)c(C)c1. The van der Waals surface area contributed by atoms with Gasteiger partial charge in [0.2, 0.25) is 17.7 Å². The average Bonchev–Trinajstić information content (AvgIpc) is 2.83. The second-order valence-electron chi connectivity index (χ2n) is 9.20. The van der Waals surface area contributed by atoms with E-state index in [0.717, 1.165) is 43.0 Å². The minimum Gasteiger partial charge on any atom is -0.369 e. The fourth-order valence-electron chi connectivity index (χ4n) is 4.65. The molecule has 0 aromatic heterocycles. The molecule has 2 aliphatic rings. The lowest BCUT2D eigenvalue weighted by molar-refractivity contribution is -0.145. The van der Waals surface area contributed by atoms with Crippen LogP contribution in [0.4, 0.5) is 11.4 Å². The molecule has 2 aromatic carbocycles. The van der Waals surface area contributed by atoms with Gasteiger partial charge in [-0.25, -0.2) is 0 Å². The smallest absolute Gasteiger partial charge is 0.243 e. The maximum Gasteiger partial charge on any atom is 0.243 e. The molecular formula is C26H32ClN5O3. The molecule has 35 heavy (non-hydrogen) atoms. The van der Waals surface area contributed by atoms with Crippen LogP contribution >= 0.6 is 11.6 Å². The van der Waals surface area contributed by atoms with Crippen molar-refractivity contribution in [1.82, 2.24) is 15.1 Å². The van der Waals surface area contributed by atoms with Crippen LogP contribution < -0.4 is 15.5 Å². The van der Waals surface area contributed by atoms with Crippen molar-refractivity contribution in [1.29, 1.82) is 0 Å². The number of nitrogens with one attached hydrogen (secondary N) is 2. The van der Waals surface area contributed by atoms with E-state index in [9.17, 15) is 14.4 Å². The number of rotatable bonds is 6. The number of carbonyl (C=O) groups is 3. The first-order valence-electron chi connectivity index (χ1n) is 12.0. The molecule has 3 amide bonds. The predicted molar refractivity (Wildman–Crippen MR) is 138 cm³/mol. The summed E-state index contributed by atoms with van der Waals surface area (Å²) in [5.74, 6) is -0.689. The van der Waals surface area contributed by atoms with Gasteiger partial charge in [-0.05, 0) is 49.7 Å². The monoisotopic (exact) mass is 497 g/mol. The first-order chi connectivity index (χ1) is 16.8. The summed E-state index contributed by atoms with van der Waals surface area (Å²) in [6, 6.07) is 12.7. The van der Waals surface area contributed by atoms with E-state index >= 15 is 0 Å². The van der Waals surface area contributed by atoms with E-state index in [1.165, 1.54) is 0 Å². The van der Waals surface area contributed by atoms with E-state index in [0.29, 0.717) is 23.8 Å². The highest BCUT2D eigenvalue weighted by Crippen LogP contribution is 2.20. The molecule has 9 heteroatoms. The van der Waals surface area contributed by atoms with Crippen LogP contribution in [-0.2, 0) is 14.4 Å². The van der Waals surface area contributed by atoms with Gasteiger partial charge in [0, 0.05) is 55.7 Å². The Hall–Kier alpha value is -3.10. The molecule has 2 saturated heterocycles. The Morgan fingerprint density at radius 2 is 1.74 bits per heavy atom.